The molecule has 8 heteroatoms. The van der Waals surface area contributed by atoms with Crippen molar-refractivity contribution in [1.82, 2.24) is 15.5 Å². The zero-order valence-corrected chi connectivity index (χ0v) is 13.2. The fourth-order valence-electron chi connectivity index (χ4n) is 2.41. The molecule has 1 heterocycles. The number of piperazine rings is 1. The lowest BCUT2D eigenvalue weighted by Crippen LogP contribution is -2.56. The van der Waals surface area contributed by atoms with Gasteiger partial charge >= 0.3 is 0 Å². The third-order valence-corrected chi connectivity index (χ3v) is 4.45. The van der Waals surface area contributed by atoms with Crippen molar-refractivity contribution in [2.24, 2.45) is 0 Å². The van der Waals surface area contributed by atoms with Gasteiger partial charge in [0.05, 0.1) is 9.40 Å². The zero-order valence-electron chi connectivity index (χ0n) is 11.6. The van der Waals surface area contributed by atoms with Crippen LogP contribution in [0.15, 0.2) is 22.7 Å². The van der Waals surface area contributed by atoms with Gasteiger partial charge in [-0.05, 0) is 21.5 Å². The second-order valence-electron chi connectivity index (χ2n) is 4.81. The quantitative estimate of drug-likeness (QED) is 0.617. The second kappa shape index (κ2) is 6.97. The molecule has 0 spiro atoms. The van der Waals surface area contributed by atoms with Gasteiger partial charge < -0.3 is 10.6 Å². The van der Waals surface area contributed by atoms with Crippen molar-refractivity contribution < 1.29 is 9.72 Å². The highest BCUT2D eigenvalue weighted by molar-refractivity contribution is 9.10. The first-order valence-electron chi connectivity index (χ1n) is 6.62. The van der Waals surface area contributed by atoms with Gasteiger partial charge in [0.25, 0.3) is 5.69 Å². The number of nitro benzene ring substituents is 1. The molecule has 1 saturated heterocycles. The molecule has 1 unspecified atom stereocenters. The lowest BCUT2D eigenvalue weighted by atomic mass is 10.1. The average molecular weight is 357 g/mol. The summed E-state index contributed by atoms with van der Waals surface area (Å²) in [6.45, 7) is 2.57. The van der Waals surface area contributed by atoms with E-state index in [0.29, 0.717) is 24.1 Å². The molecule has 1 atom stereocenters. The number of nitro groups is 1. The van der Waals surface area contributed by atoms with Crippen molar-refractivity contribution >= 4 is 27.5 Å². The molecule has 114 valence electrons. The van der Waals surface area contributed by atoms with E-state index < -0.39 is 4.92 Å². The van der Waals surface area contributed by atoms with E-state index in [1.807, 2.05) is 11.0 Å². The number of rotatable bonds is 4. The van der Waals surface area contributed by atoms with Crippen LogP contribution < -0.4 is 10.6 Å². The molecule has 0 saturated carbocycles. The van der Waals surface area contributed by atoms with Crippen molar-refractivity contribution in [2.45, 2.75) is 12.6 Å². The summed E-state index contributed by atoms with van der Waals surface area (Å²) < 4.78 is 0.476. The van der Waals surface area contributed by atoms with Gasteiger partial charge in [0.1, 0.15) is 6.04 Å². The molecule has 7 nitrogen and oxygen atoms in total. The predicted molar refractivity (Wildman–Crippen MR) is 81.9 cm³/mol. The molecular formula is C13H17BrN4O3. The Balaban J connectivity index is 2.21. The number of hydrogen-bond acceptors (Lipinski definition) is 5. The predicted octanol–water partition coefficient (Wildman–Crippen LogP) is 0.877. The Morgan fingerprint density at radius 3 is 3.05 bits per heavy atom. The second-order valence-corrected chi connectivity index (χ2v) is 5.61. The minimum absolute atomic E-state index is 0.0409. The number of nitrogens with zero attached hydrogens (tertiary/aromatic N) is 2. The molecule has 0 aromatic heterocycles. The van der Waals surface area contributed by atoms with Crippen LogP contribution in [0.1, 0.15) is 5.56 Å². The molecule has 2 rings (SSSR count). The minimum Gasteiger partial charge on any atom is -0.358 e. The molecule has 21 heavy (non-hydrogen) atoms. The summed E-state index contributed by atoms with van der Waals surface area (Å²) >= 11 is 3.30. The van der Waals surface area contributed by atoms with E-state index >= 15 is 0 Å². The number of benzene rings is 1. The summed E-state index contributed by atoms with van der Waals surface area (Å²) in [7, 11) is 1.61. The van der Waals surface area contributed by atoms with Crippen molar-refractivity contribution in [3.8, 4) is 0 Å². The molecule has 1 aromatic rings. The van der Waals surface area contributed by atoms with E-state index in [4.69, 9.17) is 0 Å². The first-order valence-corrected chi connectivity index (χ1v) is 7.42. The molecule has 0 aliphatic carbocycles. The maximum Gasteiger partial charge on any atom is 0.283 e. The Kier molecular flexibility index (Phi) is 5.27. The first-order chi connectivity index (χ1) is 10.0. The Morgan fingerprint density at radius 1 is 1.62 bits per heavy atom. The van der Waals surface area contributed by atoms with E-state index in [1.165, 1.54) is 6.07 Å². The van der Waals surface area contributed by atoms with Crippen LogP contribution in [0.25, 0.3) is 0 Å². The maximum atomic E-state index is 11.9. The van der Waals surface area contributed by atoms with Crippen LogP contribution in [0.5, 0.6) is 0 Å². The van der Waals surface area contributed by atoms with E-state index in [2.05, 4.69) is 26.6 Å². The highest BCUT2D eigenvalue weighted by Crippen LogP contribution is 2.29. The van der Waals surface area contributed by atoms with Crippen molar-refractivity contribution in [3.63, 3.8) is 0 Å². The van der Waals surface area contributed by atoms with Gasteiger partial charge in [-0.2, -0.15) is 0 Å². The van der Waals surface area contributed by atoms with Crippen LogP contribution in [0.3, 0.4) is 0 Å². The number of amides is 1. The minimum atomic E-state index is -0.415. The summed E-state index contributed by atoms with van der Waals surface area (Å²) in [4.78, 5) is 24.5. The first kappa shape index (κ1) is 15.9. The summed E-state index contributed by atoms with van der Waals surface area (Å²) in [6.07, 6.45) is 0. The molecule has 0 bridgehead atoms. The largest absolute Gasteiger partial charge is 0.358 e. The van der Waals surface area contributed by atoms with Gasteiger partial charge in [0, 0.05) is 39.3 Å². The van der Waals surface area contributed by atoms with Crippen LogP contribution in [-0.4, -0.2) is 48.5 Å². The average Bonchev–Trinajstić information content (AvgIpc) is 2.49. The molecule has 1 fully saturated rings. The summed E-state index contributed by atoms with van der Waals surface area (Å²) in [5.41, 5.74) is 0.846. The third-order valence-electron chi connectivity index (χ3n) is 3.53. The third kappa shape index (κ3) is 3.58. The van der Waals surface area contributed by atoms with Crippen LogP contribution in [-0.2, 0) is 11.3 Å². The van der Waals surface area contributed by atoms with E-state index in [-0.39, 0.29) is 17.6 Å². The lowest BCUT2D eigenvalue weighted by molar-refractivity contribution is -0.385. The number of carbonyl (C=O) groups excluding carboxylic acids is 1. The molecular weight excluding hydrogens is 340 g/mol. The van der Waals surface area contributed by atoms with Gasteiger partial charge in [0.15, 0.2) is 0 Å². The Bertz CT molecular complexity index is 552. The Labute approximate surface area is 131 Å². The molecule has 1 aromatic carbocycles. The standard InChI is InChI=1S/C13H17BrN4O3/c1-15-13(19)11-7-16-5-6-17(11)8-9-3-2-4-10(12(9)14)18(20)21/h2-4,11,16H,5-8H2,1H3,(H,15,19). The van der Waals surface area contributed by atoms with Crippen LogP contribution in [0.4, 0.5) is 5.69 Å². The number of likely N-dealkylation sites (N-methyl/N-ethyl adjacent to an activating group) is 1. The molecule has 2 N–H and O–H groups in total. The SMILES string of the molecule is CNC(=O)C1CNCCN1Cc1cccc([N+](=O)[O-])c1Br. The van der Waals surface area contributed by atoms with Gasteiger partial charge in [0.2, 0.25) is 5.91 Å². The zero-order chi connectivity index (χ0) is 15.4. The van der Waals surface area contributed by atoms with Gasteiger partial charge in [-0.1, -0.05) is 12.1 Å². The van der Waals surface area contributed by atoms with Gasteiger partial charge in [-0.25, -0.2) is 0 Å². The topological polar surface area (TPSA) is 87.5 Å². The highest BCUT2D eigenvalue weighted by atomic mass is 79.9. The summed E-state index contributed by atoms with van der Waals surface area (Å²) in [5, 5.41) is 16.8. The van der Waals surface area contributed by atoms with E-state index in [1.54, 1.807) is 13.1 Å². The Hall–Kier alpha value is -1.51. The Morgan fingerprint density at radius 2 is 2.38 bits per heavy atom. The van der Waals surface area contributed by atoms with E-state index in [9.17, 15) is 14.9 Å². The highest BCUT2D eigenvalue weighted by Gasteiger charge is 2.28. The molecule has 1 aliphatic heterocycles. The van der Waals surface area contributed by atoms with Crippen molar-refractivity contribution in [3.05, 3.63) is 38.3 Å². The van der Waals surface area contributed by atoms with Gasteiger partial charge in [-0.15, -0.1) is 0 Å². The fourth-order valence-corrected chi connectivity index (χ4v) is 2.94. The summed E-state index contributed by atoms with van der Waals surface area (Å²) in [5.74, 6) is -0.0521. The lowest BCUT2D eigenvalue weighted by Gasteiger charge is -2.35. The van der Waals surface area contributed by atoms with Crippen LogP contribution >= 0.6 is 15.9 Å². The monoisotopic (exact) mass is 356 g/mol. The number of hydrogen-bond donors (Lipinski definition) is 2. The van der Waals surface area contributed by atoms with Crippen molar-refractivity contribution in [2.75, 3.05) is 26.7 Å². The van der Waals surface area contributed by atoms with Gasteiger partial charge in [-0.3, -0.25) is 19.8 Å². The maximum absolute atomic E-state index is 11.9. The molecule has 1 aliphatic rings. The smallest absolute Gasteiger partial charge is 0.283 e. The number of nitrogens with one attached hydrogen (secondary N) is 2. The number of halogens is 1. The molecule has 1 amide bonds. The molecule has 0 radical (unpaired) electrons. The number of carbonyl (C=O) groups is 1. The van der Waals surface area contributed by atoms with Crippen LogP contribution in [0, 0.1) is 10.1 Å². The van der Waals surface area contributed by atoms with Crippen molar-refractivity contribution in [1.29, 1.82) is 0 Å². The van der Waals surface area contributed by atoms with Crippen LogP contribution in [0.2, 0.25) is 0 Å². The summed E-state index contributed by atoms with van der Waals surface area (Å²) in [6, 6.07) is 4.69. The fraction of sp³-hybridized carbons (Fsp3) is 0.462. The van der Waals surface area contributed by atoms with E-state index in [0.717, 1.165) is 12.1 Å². The normalized spacial score (nSPS) is 19.2.